The van der Waals surface area contributed by atoms with Crippen LogP contribution in [0.5, 0.6) is 5.75 Å². The van der Waals surface area contributed by atoms with Crippen LogP contribution < -0.4 is 0 Å². The molecule has 1 nitrogen and oxygen atoms in total. The van der Waals surface area contributed by atoms with Gasteiger partial charge >= 0.3 is 0 Å². The van der Waals surface area contributed by atoms with Crippen LogP contribution in [0.15, 0.2) is 127 Å². The fourth-order valence-electron chi connectivity index (χ4n) is 4.75. The first-order valence-electron chi connectivity index (χ1n) is 11.2. The number of fused-ring (bicyclic) bond motifs is 2. The Labute approximate surface area is 193 Å². The van der Waals surface area contributed by atoms with Crippen LogP contribution in [-0.4, -0.2) is 5.11 Å². The molecule has 1 heteroatoms. The van der Waals surface area contributed by atoms with Gasteiger partial charge in [0.2, 0.25) is 0 Å². The SMILES string of the molecule is Oc1c(-c2cc3ccccc3cc2-c2ccccc2)c(-c2ccccc2)cc2ccccc12. The van der Waals surface area contributed by atoms with Gasteiger partial charge in [0.1, 0.15) is 5.75 Å². The highest BCUT2D eigenvalue weighted by molar-refractivity contribution is 6.07. The van der Waals surface area contributed by atoms with Gasteiger partial charge in [0.05, 0.1) is 0 Å². The minimum Gasteiger partial charge on any atom is -0.507 e. The van der Waals surface area contributed by atoms with Crippen molar-refractivity contribution in [3.05, 3.63) is 127 Å². The highest BCUT2D eigenvalue weighted by Gasteiger charge is 2.20. The van der Waals surface area contributed by atoms with Crippen molar-refractivity contribution in [3.8, 4) is 39.1 Å². The minimum absolute atomic E-state index is 0.319. The van der Waals surface area contributed by atoms with E-state index >= 15 is 0 Å². The maximum Gasteiger partial charge on any atom is 0.131 e. The van der Waals surface area contributed by atoms with Gasteiger partial charge in [-0.05, 0) is 62.2 Å². The average molecular weight is 423 g/mol. The van der Waals surface area contributed by atoms with Crippen molar-refractivity contribution in [2.45, 2.75) is 0 Å². The summed E-state index contributed by atoms with van der Waals surface area (Å²) in [6.07, 6.45) is 0. The van der Waals surface area contributed by atoms with Crippen molar-refractivity contribution < 1.29 is 5.11 Å². The predicted octanol–water partition coefficient (Wildman–Crippen LogP) is 8.70. The van der Waals surface area contributed by atoms with E-state index in [-0.39, 0.29) is 0 Å². The van der Waals surface area contributed by atoms with E-state index < -0.39 is 0 Å². The van der Waals surface area contributed by atoms with Crippen molar-refractivity contribution in [2.24, 2.45) is 0 Å². The van der Waals surface area contributed by atoms with Gasteiger partial charge in [0.25, 0.3) is 0 Å². The maximum atomic E-state index is 11.7. The van der Waals surface area contributed by atoms with E-state index in [2.05, 4.69) is 84.9 Å². The molecule has 6 rings (SSSR count). The second kappa shape index (κ2) is 7.96. The zero-order valence-electron chi connectivity index (χ0n) is 18.1. The Hall–Kier alpha value is -4.36. The lowest BCUT2D eigenvalue weighted by Crippen LogP contribution is -1.92. The Morgan fingerprint density at radius 2 is 0.848 bits per heavy atom. The molecule has 156 valence electrons. The molecule has 6 aromatic rings. The standard InChI is InChI=1S/C32H22O/c33-32-27-18-10-9-17-26(27)21-29(23-13-5-2-6-14-23)31(32)30-20-25-16-8-7-15-24(25)19-28(30)22-11-3-1-4-12-22/h1-21,33H. The molecule has 0 aliphatic heterocycles. The first kappa shape index (κ1) is 19.3. The van der Waals surface area contributed by atoms with Crippen molar-refractivity contribution in [1.82, 2.24) is 0 Å². The van der Waals surface area contributed by atoms with Gasteiger partial charge in [-0.3, -0.25) is 0 Å². The van der Waals surface area contributed by atoms with Gasteiger partial charge in [-0.25, -0.2) is 0 Å². The summed E-state index contributed by atoms with van der Waals surface area (Å²) in [5.41, 5.74) is 6.24. The van der Waals surface area contributed by atoms with Crippen LogP contribution in [0.25, 0.3) is 54.9 Å². The van der Waals surface area contributed by atoms with Gasteiger partial charge in [-0.1, -0.05) is 109 Å². The van der Waals surface area contributed by atoms with E-state index in [0.29, 0.717) is 5.75 Å². The zero-order chi connectivity index (χ0) is 22.2. The third-order valence-corrected chi connectivity index (χ3v) is 6.35. The van der Waals surface area contributed by atoms with E-state index in [4.69, 9.17) is 0 Å². The molecule has 0 heterocycles. The van der Waals surface area contributed by atoms with Gasteiger partial charge in [-0.2, -0.15) is 0 Å². The molecule has 0 atom stereocenters. The first-order chi connectivity index (χ1) is 16.3. The minimum atomic E-state index is 0.319. The van der Waals surface area contributed by atoms with Crippen LogP contribution >= 0.6 is 0 Å². The summed E-state index contributed by atoms with van der Waals surface area (Å²) in [7, 11) is 0. The van der Waals surface area contributed by atoms with Crippen molar-refractivity contribution in [3.63, 3.8) is 0 Å². The number of hydrogen-bond donors (Lipinski definition) is 1. The predicted molar refractivity (Wildman–Crippen MR) is 139 cm³/mol. The summed E-state index contributed by atoms with van der Waals surface area (Å²) in [5.74, 6) is 0.319. The van der Waals surface area contributed by atoms with Crippen molar-refractivity contribution in [2.75, 3.05) is 0 Å². The molecule has 0 aliphatic rings. The lowest BCUT2D eigenvalue weighted by atomic mass is 9.85. The lowest BCUT2D eigenvalue weighted by Gasteiger charge is -2.19. The second-order valence-electron chi connectivity index (χ2n) is 8.35. The molecular weight excluding hydrogens is 400 g/mol. The van der Waals surface area contributed by atoms with E-state index in [1.54, 1.807) is 0 Å². The Morgan fingerprint density at radius 3 is 1.48 bits per heavy atom. The van der Waals surface area contributed by atoms with Gasteiger partial charge < -0.3 is 5.11 Å². The number of rotatable bonds is 3. The molecule has 0 amide bonds. The molecule has 0 saturated heterocycles. The second-order valence-corrected chi connectivity index (χ2v) is 8.35. The highest BCUT2D eigenvalue weighted by atomic mass is 16.3. The third kappa shape index (κ3) is 3.35. The van der Waals surface area contributed by atoms with Gasteiger partial charge in [0, 0.05) is 10.9 Å². The maximum absolute atomic E-state index is 11.7. The molecular formula is C32H22O. The fourth-order valence-corrected chi connectivity index (χ4v) is 4.75. The van der Waals surface area contributed by atoms with Crippen LogP contribution in [0.2, 0.25) is 0 Å². The summed E-state index contributed by atoms with van der Waals surface area (Å²) in [6.45, 7) is 0. The number of phenols is 1. The Morgan fingerprint density at radius 1 is 0.394 bits per heavy atom. The molecule has 0 fully saturated rings. The molecule has 0 bridgehead atoms. The number of aromatic hydroxyl groups is 1. The van der Waals surface area contributed by atoms with E-state index in [9.17, 15) is 5.11 Å². The Bertz CT molecular complexity index is 1600. The molecule has 0 aromatic heterocycles. The Kier molecular flexibility index (Phi) is 4.66. The van der Waals surface area contributed by atoms with Gasteiger partial charge in [-0.15, -0.1) is 0 Å². The fraction of sp³-hybridized carbons (Fsp3) is 0. The molecule has 0 saturated carbocycles. The summed E-state index contributed by atoms with van der Waals surface area (Å²) in [5, 5.41) is 15.9. The average Bonchev–Trinajstić information content (AvgIpc) is 2.89. The van der Waals surface area contributed by atoms with E-state index in [0.717, 1.165) is 49.5 Å². The van der Waals surface area contributed by atoms with Gasteiger partial charge in [0.15, 0.2) is 0 Å². The van der Waals surface area contributed by atoms with Crippen LogP contribution in [0.4, 0.5) is 0 Å². The molecule has 0 spiro atoms. The quantitative estimate of drug-likeness (QED) is 0.302. The normalized spacial score (nSPS) is 11.2. The molecule has 33 heavy (non-hydrogen) atoms. The van der Waals surface area contributed by atoms with E-state index in [1.165, 1.54) is 5.39 Å². The molecule has 0 unspecified atom stereocenters. The molecule has 0 aliphatic carbocycles. The molecule has 1 N–H and O–H groups in total. The first-order valence-corrected chi connectivity index (χ1v) is 11.2. The van der Waals surface area contributed by atoms with E-state index in [1.807, 2.05) is 42.5 Å². The zero-order valence-corrected chi connectivity index (χ0v) is 18.1. The molecule has 6 aromatic carbocycles. The highest BCUT2D eigenvalue weighted by Crippen LogP contribution is 2.47. The number of hydrogen-bond acceptors (Lipinski definition) is 1. The number of phenolic OH excluding ortho intramolecular Hbond substituents is 1. The third-order valence-electron chi connectivity index (χ3n) is 6.35. The van der Waals surface area contributed by atoms with Crippen molar-refractivity contribution in [1.29, 1.82) is 0 Å². The number of benzene rings is 6. The topological polar surface area (TPSA) is 20.2 Å². The smallest absolute Gasteiger partial charge is 0.131 e. The molecule has 0 radical (unpaired) electrons. The van der Waals surface area contributed by atoms with Crippen molar-refractivity contribution >= 4 is 21.5 Å². The summed E-state index contributed by atoms with van der Waals surface area (Å²) in [4.78, 5) is 0. The monoisotopic (exact) mass is 422 g/mol. The van der Waals surface area contributed by atoms with Crippen LogP contribution in [-0.2, 0) is 0 Å². The van der Waals surface area contributed by atoms with Crippen LogP contribution in [0.3, 0.4) is 0 Å². The lowest BCUT2D eigenvalue weighted by molar-refractivity contribution is 0.484. The largest absolute Gasteiger partial charge is 0.507 e. The summed E-state index contributed by atoms with van der Waals surface area (Å²) < 4.78 is 0. The summed E-state index contributed by atoms with van der Waals surface area (Å²) >= 11 is 0. The summed E-state index contributed by atoms with van der Waals surface area (Å²) in [6, 6.07) is 43.9. The Balaban J connectivity index is 1.77. The van der Waals surface area contributed by atoms with Crippen LogP contribution in [0, 0.1) is 0 Å². The van der Waals surface area contributed by atoms with Crippen LogP contribution in [0.1, 0.15) is 0 Å².